The molecule has 0 aromatic heterocycles. The van der Waals surface area contributed by atoms with E-state index in [4.69, 9.17) is 34.8 Å². The first kappa shape index (κ1) is 14.3. The number of alkyl halides is 3. The number of rotatable bonds is 2. The van der Waals surface area contributed by atoms with Crippen molar-refractivity contribution in [2.75, 3.05) is 6.61 Å². The third-order valence-corrected chi connectivity index (χ3v) is 2.12. The van der Waals surface area contributed by atoms with E-state index in [1.54, 1.807) is 0 Å². The first-order valence-corrected chi connectivity index (χ1v) is 5.66. The largest absolute Gasteiger partial charge is 0.445 e. The molecule has 0 saturated carbocycles. The number of carbonyl (C=O) groups excluding carboxylic acids is 3. The van der Waals surface area contributed by atoms with Gasteiger partial charge in [0.15, 0.2) is 0 Å². The van der Waals surface area contributed by atoms with Gasteiger partial charge in [0.2, 0.25) is 3.79 Å². The molecule has 1 fully saturated rings. The summed E-state index contributed by atoms with van der Waals surface area (Å²) in [5.74, 6) is -1.45. The van der Waals surface area contributed by atoms with Gasteiger partial charge in [-0.2, -0.15) is 0 Å². The van der Waals surface area contributed by atoms with Crippen molar-refractivity contribution in [3.8, 4) is 0 Å². The average Bonchev–Trinajstić information content (AvgIpc) is 2.18. The SMILES string of the molecule is O=C1CC[C@H](NC(=O)OCC(Cl)(Cl)Cl)C(=O)O1. The highest BCUT2D eigenvalue weighted by molar-refractivity contribution is 6.67. The number of carbonyl (C=O) groups is 3. The van der Waals surface area contributed by atoms with Crippen LogP contribution >= 0.6 is 34.8 Å². The molecule has 96 valence electrons. The quantitative estimate of drug-likeness (QED) is 0.472. The minimum atomic E-state index is -1.72. The molecular weight excluding hydrogens is 296 g/mol. The number of amides is 1. The molecule has 1 N–H and O–H groups in total. The number of cyclic esters (lactones) is 2. The van der Waals surface area contributed by atoms with Crippen molar-refractivity contribution in [3.05, 3.63) is 0 Å². The van der Waals surface area contributed by atoms with Gasteiger partial charge < -0.3 is 14.8 Å². The Bertz CT molecular complexity index is 341. The van der Waals surface area contributed by atoms with Crippen molar-refractivity contribution in [1.29, 1.82) is 0 Å². The van der Waals surface area contributed by atoms with Crippen molar-refractivity contribution in [2.45, 2.75) is 22.7 Å². The van der Waals surface area contributed by atoms with Crippen LogP contribution in [0.15, 0.2) is 0 Å². The van der Waals surface area contributed by atoms with Crippen LogP contribution in [0.1, 0.15) is 12.8 Å². The van der Waals surface area contributed by atoms with Crippen LogP contribution in [0.2, 0.25) is 0 Å². The Morgan fingerprint density at radius 1 is 1.47 bits per heavy atom. The summed E-state index contributed by atoms with van der Waals surface area (Å²) in [6.07, 6.45) is -0.727. The number of halogens is 3. The Hall–Kier alpha value is -0.720. The molecule has 17 heavy (non-hydrogen) atoms. The minimum absolute atomic E-state index is 0.0428. The van der Waals surface area contributed by atoms with E-state index in [1.165, 1.54) is 0 Å². The summed E-state index contributed by atoms with van der Waals surface area (Å²) in [4.78, 5) is 33.1. The first-order valence-electron chi connectivity index (χ1n) is 4.52. The summed E-state index contributed by atoms with van der Waals surface area (Å²) in [6.45, 7) is -0.454. The van der Waals surface area contributed by atoms with Gasteiger partial charge in [0.1, 0.15) is 12.6 Å². The van der Waals surface area contributed by atoms with Crippen LogP contribution in [0.4, 0.5) is 4.79 Å². The maximum Gasteiger partial charge on any atom is 0.407 e. The van der Waals surface area contributed by atoms with E-state index in [2.05, 4.69) is 14.8 Å². The molecule has 0 aliphatic carbocycles. The zero-order valence-electron chi connectivity index (χ0n) is 8.37. The molecule has 0 unspecified atom stereocenters. The molecule has 1 rings (SSSR count). The maximum atomic E-state index is 11.2. The van der Waals surface area contributed by atoms with Crippen molar-refractivity contribution in [1.82, 2.24) is 5.32 Å². The molecule has 0 aromatic rings. The summed E-state index contributed by atoms with van der Waals surface area (Å²) in [7, 11) is 0. The summed E-state index contributed by atoms with van der Waals surface area (Å²) in [5.41, 5.74) is 0. The van der Waals surface area contributed by atoms with Gasteiger partial charge in [0.05, 0.1) is 0 Å². The lowest BCUT2D eigenvalue weighted by molar-refractivity contribution is -0.165. The molecule has 0 spiro atoms. The van der Waals surface area contributed by atoms with Crippen LogP contribution in [-0.2, 0) is 19.1 Å². The molecule has 0 aromatic carbocycles. The summed E-state index contributed by atoms with van der Waals surface area (Å²) in [6, 6.07) is -0.921. The van der Waals surface area contributed by atoms with Crippen LogP contribution in [0.5, 0.6) is 0 Å². The monoisotopic (exact) mass is 303 g/mol. The van der Waals surface area contributed by atoms with Crippen LogP contribution in [0.3, 0.4) is 0 Å². The third kappa shape index (κ3) is 5.43. The molecule has 6 nitrogen and oxygen atoms in total. The highest BCUT2D eigenvalue weighted by Crippen LogP contribution is 2.25. The van der Waals surface area contributed by atoms with E-state index >= 15 is 0 Å². The van der Waals surface area contributed by atoms with Gasteiger partial charge in [0.25, 0.3) is 0 Å². The topological polar surface area (TPSA) is 81.7 Å². The fraction of sp³-hybridized carbons (Fsp3) is 0.625. The van der Waals surface area contributed by atoms with Gasteiger partial charge in [0, 0.05) is 6.42 Å². The summed E-state index contributed by atoms with van der Waals surface area (Å²) >= 11 is 16.1. The van der Waals surface area contributed by atoms with E-state index in [0.717, 1.165) is 0 Å². The van der Waals surface area contributed by atoms with E-state index < -0.39 is 34.5 Å². The van der Waals surface area contributed by atoms with Crippen LogP contribution in [0, 0.1) is 0 Å². The molecule has 1 saturated heterocycles. The summed E-state index contributed by atoms with van der Waals surface area (Å²) < 4.78 is 7.14. The molecule has 0 radical (unpaired) electrons. The molecule has 0 bridgehead atoms. The number of nitrogens with one attached hydrogen (secondary N) is 1. The lowest BCUT2D eigenvalue weighted by Crippen LogP contribution is -2.46. The molecule has 1 aliphatic heterocycles. The zero-order valence-corrected chi connectivity index (χ0v) is 10.6. The Balaban J connectivity index is 2.36. The van der Waals surface area contributed by atoms with Gasteiger partial charge in [-0.15, -0.1) is 0 Å². The van der Waals surface area contributed by atoms with Crippen LogP contribution in [0.25, 0.3) is 0 Å². The van der Waals surface area contributed by atoms with Crippen molar-refractivity contribution < 1.29 is 23.9 Å². The fourth-order valence-corrected chi connectivity index (χ4v) is 1.24. The number of hydrogen-bond donors (Lipinski definition) is 1. The second-order valence-electron chi connectivity index (χ2n) is 3.22. The third-order valence-electron chi connectivity index (χ3n) is 1.80. The van der Waals surface area contributed by atoms with E-state index in [9.17, 15) is 14.4 Å². The highest BCUT2D eigenvalue weighted by Gasteiger charge is 2.31. The lowest BCUT2D eigenvalue weighted by atomic mass is 10.1. The minimum Gasteiger partial charge on any atom is -0.445 e. The second kappa shape index (κ2) is 5.75. The molecular formula is C8H8Cl3NO5. The van der Waals surface area contributed by atoms with Gasteiger partial charge >= 0.3 is 18.0 Å². The Kier molecular flexibility index (Phi) is 4.85. The number of alkyl carbamates (subject to hydrolysis) is 1. The average molecular weight is 305 g/mol. The Morgan fingerprint density at radius 3 is 2.65 bits per heavy atom. The zero-order chi connectivity index (χ0) is 13.1. The van der Waals surface area contributed by atoms with Crippen LogP contribution < -0.4 is 5.32 Å². The lowest BCUT2D eigenvalue weighted by Gasteiger charge is -2.20. The normalized spacial score (nSPS) is 20.8. The van der Waals surface area contributed by atoms with Crippen LogP contribution in [-0.4, -0.2) is 34.5 Å². The van der Waals surface area contributed by atoms with E-state index in [-0.39, 0.29) is 12.8 Å². The Morgan fingerprint density at radius 2 is 2.12 bits per heavy atom. The number of hydrogen-bond acceptors (Lipinski definition) is 5. The second-order valence-corrected chi connectivity index (χ2v) is 5.74. The van der Waals surface area contributed by atoms with Gasteiger partial charge in [-0.05, 0) is 6.42 Å². The molecule has 1 heterocycles. The Labute approximate surface area is 111 Å². The number of ether oxygens (including phenoxy) is 2. The molecule has 1 amide bonds. The van der Waals surface area contributed by atoms with E-state index in [1.807, 2.05) is 0 Å². The summed E-state index contributed by atoms with van der Waals surface area (Å²) in [5, 5.41) is 2.20. The van der Waals surface area contributed by atoms with E-state index in [0.29, 0.717) is 0 Å². The van der Waals surface area contributed by atoms with Crippen molar-refractivity contribution in [2.24, 2.45) is 0 Å². The molecule has 9 heteroatoms. The highest BCUT2D eigenvalue weighted by atomic mass is 35.6. The first-order chi connectivity index (χ1) is 7.78. The van der Waals surface area contributed by atoms with Gasteiger partial charge in [-0.3, -0.25) is 4.79 Å². The standard InChI is InChI=1S/C8H8Cl3NO5/c9-8(10,11)3-16-7(15)12-4-1-2-5(13)17-6(4)14/h4H,1-3H2,(H,12,15)/t4-/m0/s1. The number of esters is 2. The predicted octanol–water partition coefficient (Wildman–Crippen LogP) is 1.31. The predicted molar refractivity (Wildman–Crippen MR) is 58.9 cm³/mol. The fourth-order valence-electron chi connectivity index (χ4n) is 1.08. The maximum absolute atomic E-state index is 11.2. The van der Waals surface area contributed by atoms with Crippen molar-refractivity contribution >= 4 is 52.8 Å². The molecule has 1 aliphatic rings. The smallest absolute Gasteiger partial charge is 0.407 e. The molecule has 1 atom stereocenters. The van der Waals surface area contributed by atoms with Gasteiger partial charge in [-0.25, -0.2) is 9.59 Å². The van der Waals surface area contributed by atoms with Crippen molar-refractivity contribution in [3.63, 3.8) is 0 Å². The van der Waals surface area contributed by atoms with Gasteiger partial charge in [-0.1, -0.05) is 34.8 Å².